The Balaban J connectivity index is 1.73. The molecule has 3 unspecified atom stereocenters. The zero-order chi connectivity index (χ0) is 19.6. The van der Waals surface area contributed by atoms with Crippen molar-refractivity contribution < 1.29 is 29.6 Å². The van der Waals surface area contributed by atoms with Gasteiger partial charge in [-0.3, -0.25) is 4.79 Å². The lowest BCUT2D eigenvalue weighted by Crippen LogP contribution is -2.23. The number of rotatable bonds is 12. The summed E-state index contributed by atoms with van der Waals surface area (Å²) in [5.41, 5.74) is 1.07. The number of aliphatic hydroxyl groups is 3. The van der Waals surface area contributed by atoms with E-state index in [4.69, 9.17) is 9.52 Å². The van der Waals surface area contributed by atoms with E-state index in [9.17, 15) is 20.1 Å². The second-order valence-corrected chi connectivity index (χ2v) is 7.59. The number of carbonyl (C=O) groups is 1. The number of aryl methyl sites for hydroxylation is 1. The van der Waals surface area contributed by atoms with Crippen LogP contribution in [-0.2, 0) is 11.2 Å². The van der Waals surface area contributed by atoms with Crippen molar-refractivity contribution in [3.63, 3.8) is 0 Å². The molecule has 2 rings (SSSR count). The Labute approximate surface area is 160 Å². The van der Waals surface area contributed by atoms with Gasteiger partial charge in [0.25, 0.3) is 0 Å². The maximum Gasteiger partial charge on any atom is 0.303 e. The van der Waals surface area contributed by atoms with Crippen molar-refractivity contribution in [1.29, 1.82) is 0 Å². The molecule has 0 saturated heterocycles. The summed E-state index contributed by atoms with van der Waals surface area (Å²) in [6, 6.07) is 1.89. The first kappa shape index (κ1) is 21.7. The van der Waals surface area contributed by atoms with Crippen LogP contribution in [0.15, 0.2) is 35.2 Å². The number of carboxylic acid groups (broad SMARTS) is 1. The Morgan fingerprint density at radius 1 is 1.22 bits per heavy atom. The molecular formula is C21H32O6. The van der Waals surface area contributed by atoms with E-state index < -0.39 is 24.3 Å². The fourth-order valence-corrected chi connectivity index (χ4v) is 3.95. The molecule has 0 bridgehead atoms. The van der Waals surface area contributed by atoms with Crippen LogP contribution in [0, 0.1) is 11.8 Å². The van der Waals surface area contributed by atoms with E-state index in [0.29, 0.717) is 44.9 Å². The van der Waals surface area contributed by atoms with Crippen LogP contribution in [-0.4, -0.2) is 44.7 Å². The predicted molar refractivity (Wildman–Crippen MR) is 101 cm³/mol. The number of allylic oxidation sites excluding steroid dienone is 2. The van der Waals surface area contributed by atoms with Crippen molar-refractivity contribution in [2.24, 2.45) is 11.8 Å². The third kappa shape index (κ3) is 7.48. The summed E-state index contributed by atoms with van der Waals surface area (Å²) in [6.45, 7) is 0. The van der Waals surface area contributed by atoms with Crippen molar-refractivity contribution in [3.05, 3.63) is 36.3 Å². The minimum atomic E-state index is -0.788. The first-order chi connectivity index (χ1) is 13.0. The molecule has 1 aromatic rings. The Morgan fingerprint density at radius 2 is 2.00 bits per heavy atom. The standard InChI is InChI=1S/C21H32O6/c22-16(8-7-15-11-12-27-14-15)9-10-18-17(19(23)13-20(18)24)5-3-1-2-4-6-21(25)26/h1,3,11-12,14,16-20,22-24H,2,4-10,13H2,(H,25,26)/b3-1-/t16?,17-,18-,19?,20?/m1/s1. The lowest BCUT2D eigenvalue weighted by atomic mass is 9.85. The van der Waals surface area contributed by atoms with Gasteiger partial charge in [0.15, 0.2) is 0 Å². The summed E-state index contributed by atoms with van der Waals surface area (Å²) in [4.78, 5) is 10.5. The lowest BCUT2D eigenvalue weighted by molar-refractivity contribution is -0.137. The van der Waals surface area contributed by atoms with Gasteiger partial charge in [0, 0.05) is 6.42 Å². The molecule has 6 heteroatoms. The SMILES string of the molecule is O=C(O)CCC/C=C\C[C@H]1C(O)CC(O)[C@@H]1CCC(O)CCc1ccoc1. The van der Waals surface area contributed by atoms with Crippen LogP contribution < -0.4 is 0 Å². The monoisotopic (exact) mass is 380 g/mol. The second-order valence-electron chi connectivity index (χ2n) is 7.59. The summed E-state index contributed by atoms with van der Waals surface area (Å²) >= 11 is 0. The first-order valence-corrected chi connectivity index (χ1v) is 9.89. The highest BCUT2D eigenvalue weighted by molar-refractivity contribution is 5.66. The summed E-state index contributed by atoms with van der Waals surface area (Å²) in [7, 11) is 0. The van der Waals surface area contributed by atoms with Crippen molar-refractivity contribution >= 4 is 5.97 Å². The number of hydrogen-bond acceptors (Lipinski definition) is 5. The molecule has 1 heterocycles. The van der Waals surface area contributed by atoms with Gasteiger partial charge >= 0.3 is 5.97 Å². The van der Waals surface area contributed by atoms with E-state index in [1.165, 1.54) is 0 Å². The summed E-state index contributed by atoms with van der Waals surface area (Å²) in [5.74, 6) is -0.826. The number of aliphatic hydroxyl groups excluding tert-OH is 3. The lowest BCUT2D eigenvalue weighted by Gasteiger charge is -2.23. The largest absolute Gasteiger partial charge is 0.481 e. The molecule has 1 fully saturated rings. The number of aliphatic carboxylic acids is 1. The molecule has 0 spiro atoms. The number of furan rings is 1. The molecule has 0 aliphatic heterocycles. The van der Waals surface area contributed by atoms with Gasteiger partial charge < -0.3 is 24.8 Å². The zero-order valence-electron chi connectivity index (χ0n) is 15.7. The topological polar surface area (TPSA) is 111 Å². The number of carboxylic acids is 1. The highest BCUT2D eigenvalue weighted by atomic mass is 16.4. The molecule has 1 aliphatic carbocycles. The molecule has 6 nitrogen and oxygen atoms in total. The van der Waals surface area contributed by atoms with Crippen LogP contribution in [0.5, 0.6) is 0 Å². The molecule has 152 valence electrons. The molecule has 0 aromatic carbocycles. The minimum Gasteiger partial charge on any atom is -0.481 e. The predicted octanol–water partition coefficient (Wildman–Crippen LogP) is 2.91. The smallest absolute Gasteiger partial charge is 0.303 e. The van der Waals surface area contributed by atoms with Crippen molar-refractivity contribution in [1.82, 2.24) is 0 Å². The average Bonchev–Trinajstić information content (AvgIpc) is 3.22. The Kier molecular flexibility index (Phi) is 9.04. The molecule has 0 radical (unpaired) electrons. The van der Waals surface area contributed by atoms with E-state index in [-0.39, 0.29) is 18.3 Å². The Bertz CT molecular complexity index is 567. The Hall–Kier alpha value is -1.63. The third-order valence-electron chi connectivity index (χ3n) is 5.54. The normalized spacial score (nSPS) is 26.6. The highest BCUT2D eigenvalue weighted by Crippen LogP contribution is 2.38. The van der Waals surface area contributed by atoms with Gasteiger partial charge in [0.2, 0.25) is 0 Å². The zero-order valence-corrected chi connectivity index (χ0v) is 15.7. The van der Waals surface area contributed by atoms with Crippen LogP contribution in [0.1, 0.15) is 56.9 Å². The Morgan fingerprint density at radius 3 is 2.70 bits per heavy atom. The molecule has 27 heavy (non-hydrogen) atoms. The quantitative estimate of drug-likeness (QED) is 0.328. The maximum absolute atomic E-state index is 10.5. The van der Waals surface area contributed by atoms with Crippen LogP contribution in [0.2, 0.25) is 0 Å². The molecule has 0 amide bonds. The molecule has 1 aromatic heterocycles. The molecule has 5 atom stereocenters. The van der Waals surface area contributed by atoms with Crippen molar-refractivity contribution in [2.75, 3.05) is 0 Å². The maximum atomic E-state index is 10.5. The van der Waals surface area contributed by atoms with Gasteiger partial charge in [-0.2, -0.15) is 0 Å². The summed E-state index contributed by atoms with van der Waals surface area (Å²) in [5, 5.41) is 39.4. The molecule has 1 aliphatic rings. The highest BCUT2D eigenvalue weighted by Gasteiger charge is 2.40. The van der Waals surface area contributed by atoms with Crippen LogP contribution in [0.3, 0.4) is 0 Å². The molecule has 4 N–H and O–H groups in total. The van der Waals surface area contributed by atoms with Gasteiger partial charge in [-0.1, -0.05) is 12.2 Å². The first-order valence-electron chi connectivity index (χ1n) is 9.89. The van der Waals surface area contributed by atoms with E-state index in [1.807, 2.05) is 18.2 Å². The number of unbranched alkanes of at least 4 members (excludes halogenated alkanes) is 1. The third-order valence-corrected chi connectivity index (χ3v) is 5.54. The molecular weight excluding hydrogens is 348 g/mol. The van der Waals surface area contributed by atoms with Crippen molar-refractivity contribution in [2.45, 2.75) is 76.1 Å². The molecule has 1 saturated carbocycles. The van der Waals surface area contributed by atoms with E-state index in [0.717, 1.165) is 12.0 Å². The van der Waals surface area contributed by atoms with Crippen LogP contribution >= 0.6 is 0 Å². The van der Waals surface area contributed by atoms with Gasteiger partial charge in [0.1, 0.15) is 0 Å². The summed E-state index contributed by atoms with van der Waals surface area (Å²) < 4.78 is 5.02. The fourth-order valence-electron chi connectivity index (χ4n) is 3.95. The van der Waals surface area contributed by atoms with Gasteiger partial charge in [0.05, 0.1) is 30.8 Å². The van der Waals surface area contributed by atoms with Crippen LogP contribution in [0.25, 0.3) is 0 Å². The van der Waals surface area contributed by atoms with Gasteiger partial charge in [-0.15, -0.1) is 0 Å². The van der Waals surface area contributed by atoms with E-state index in [1.54, 1.807) is 12.5 Å². The van der Waals surface area contributed by atoms with Crippen molar-refractivity contribution in [3.8, 4) is 0 Å². The second kappa shape index (κ2) is 11.3. The minimum absolute atomic E-state index is 0.0169. The van der Waals surface area contributed by atoms with Gasteiger partial charge in [-0.05, 0) is 74.8 Å². The average molecular weight is 380 g/mol. The van der Waals surface area contributed by atoms with E-state index in [2.05, 4.69) is 0 Å². The number of hydrogen-bond donors (Lipinski definition) is 4. The fraction of sp³-hybridized carbons (Fsp3) is 0.667. The summed E-state index contributed by atoms with van der Waals surface area (Å²) in [6.07, 6.45) is 11.0. The van der Waals surface area contributed by atoms with Gasteiger partial charge in [-0.25, -0.2) is 0 Å². The van der Waals surface area contributed by atoms with E-state index >= 15 is 0 Å². The van der Waals surface area contributed by atoms with Crippen LogP contribution in [0.4, 0.5) is 0 Å².